The highest BCUT2D eigenvalue weighted by atomic mass is 15.3. The fourth-order valence-corrected chi connectivity index (χ4v) is 4.04. The van der Waals surface area contributed by atoms with Crippen molar-refractivity contribution in [3.8, 4) is 0 Å². The molecule has 4 heteroatoms. The Morgan fingerprint density at radius 2 is 1.68 bits per heavy atom. The summed E-state index contributed by atoms with van der Waals surface area (Å²) in [5.74, 6) is 0. The van der Waals surface area contributed by atoms with Crippen LogP contribution in [0.1, 0.15) is 32.1 Å². The summed E-state index contributed by atoms with van der Waals surface area (Å²) in [7, 11) is 8.88. The predicted molar refractivity (Wildman–Crippen MR) is 81.4 cm³/mol. The van der Waals surface area contributed by atoms with E-state index in [-0.39, 0.29) is 5.54 Å². The van der Waals surface area contributed by atoms with Gasteiger partial charge < -0.3 is 15.5 Å². The van der Waals surface area contributed by atoms with Gasteiger partial charge in [-0.3, -0.25) is 4.90 Å². The topological polar surface area (TPSA) is 35.7 Å². The summed E-state index contributed by atoms with van der Waals surface area (Å²) in [5, 5.41) is 0. The van der Waals surface area contributed by atoms with Crippen LogP contribution < -0.4 is 5.73 Å². The lowest BCUT2D eigenvalue weighted by atomic mass is 9.81. The molecular weight excluding hydrogens is 236 g/mol. The SMILES string of the molecule is CN(C)CCCN(C)C1(CN)CC2CCC(C1)N2C. The van der Waals surface area contributed by atoms with Gasteiger partial charge in [-0.2, -0.15) is 0 Å². The Morgan fingerprint density at radius 3 is 2.16 bits per heavy atom. The van der Waals surface area contributed by atoms with Gasteiger partial charge in [-0.25, -0.2) is 0 Å². The lowest BCUT2D eigenvalue weighted by Gasteiger charge is -2.50. The van der Waals surface area contributed by atoms with Crippen molar-refractivity contribution < 1.29 is 0 Å². The highest BCUT2D eigenvalue weighted by molar-refractivity contribution is 5.06. The summed E-state index contributed by atoms with van der Waals surface area (Å²) >= 11 is 0. The quantitative estimate of drug-likeness (QED) is 0.774. The molecular formula is C15H32N4. The second-order valence-corrected chi connectivity index (χ2v) is 6.97. The minimum Gasteiger partial charge on any atom is -0.329 e. The van der Waals surface area contributed by atoms with Gasteiger partial charge in [-0.05, 0) is 73.4 Å². The van der Waals surface area contributed by atoms with Crippen molar-refractivity contribution in [3.05, 3.63) is 0 Å². The Hall–Kier alpha value is -0.160. The van der Waals surface area contributed by atoms with Gasteiger partial charge in [0.15, 0.2) is 0 Å². The normalized spacial score (nSPS) is 35.5. The summed E-state index contributed by atoms with van der Waals surface area (Å²) in [6, 6.07) is 1.53. The molecule has 19 heavy (non-hydrogen) atoms. The monoisotopic (exact) mass is 268 g/mol. The molecule has 0 aromatic rings. The molecule has 112 valence electrons. The zero-order chi connectivity index (χ0) is 14.0. The number of nitrogens with two attached hydrogens (primary N) is 1. The maximum atomic E-state index is 6.20. The molecule has 2 bridgehead atoms. The fraction of sp³-hybridized carbons (Fsp3) is 1.00. The van der Waals surface area contributed by atoms with Gasteiger partial charge in [0, 0.05) is 24.2 Å². The Kier molecular flexibility index (Phi) is 4.88. The molecule has 0 saturated carbocycles. The van der Waals surface area contributed by atoms with Crippen molar-refractivity contribution in [2.75, 3.05) is 47.8 Å². The van der Waals surface area contributed by atoms with Gasteiger partial charge in [0.05, 0.1) is 0 Å². The largest absolute Gasteiger partial charge is 0.329 e. The highest BCUT2D eigenvalue weighted by Gasteiger charge is 2.47. The van der Waals surface area contributed by atoms with Gasteiger partial charge in [0.2, 0.25) is 0 Å². The lowest BCUT2D eigenvalue weighted by Crippen LogP contribution is -2.61. The number of fused-ring (bicyclic) bond motifs is 2. The van der Waals surface area contributed by atoms with Gasteiger partial charge in [-0.15, -0.1) is 0 Å². The van der Waals surface area contributed by atoms with Crippen LogP contribution in [-0.4, -0.2) is 80.1 Å². The minimum atomic E-state index is 0.255. The van der Waals surface area contributed by atoms with Crippen LogP contribution in [-0.2, 0) is 0 Å². The van der Waals surface area contributed by atoms with Crippen LogP contribution >= 0.6 is 0 Å². The van der Waals surface area contributed by atoms with Crippen molar-refractivity contribution in [2.24, 2.45) is 5.73 Å². The first-order valence-corrected chi connectivity index (χ1v) is 7.76. The molecule has 2 fully saturated rings. The standard InChI is InChI=1S/C15H32N4/c1-17(2)8-5-9-18(3)15(12-16)10-13-6-7-14(11-15)19(13)4/h13-14H,5-12,16H2,1-4H3. The first-order chi connectivity index (χ1) is 8.98. The molecule has 2 N–H and O–H groups in total. The molecule has 0 spiro atoms. The number of piperidine rings is 1. The smallest absolute Gasteiger partial charge is 0.0358 e. The van der Waals surface area contributed by atoms with Crippen molar-refractivity contribution in [1.82, 2.24) is 14.7 Å². The molecule has 0 radical (unpaired) electrons. The Morgan fingerprint density at radius 1 is 1.11 bits per heavy atom. The molecule has 2 aliphatic heterocycles. The third-order valence-electron chi connectivity index (χ3n) is 5.50. The van der Waals surface area contributed by atoms with Gasteiger partial charge >= 0.3 is 0 Å². The van der Waals surface area contributed by atoms with E-state index in [1.807, 2.05) is 0 Å². The number of rotatable bonds is 6. The molecule has 0 aromatic carbocycles. The molecule has 2 saturated heterocycles. The van der Waals surface area contributed by atoms with Crippen molar-refractivity contribution in [1.29, 1.82) is 0 Å². The summed E-state index contributed by atoms with van der Waals surface area (Å²) < 4.78 is 0. The van der Waals surface area contributed by atoms with Crippen LogP contribution in [0, 0.1) is 0 Å². The van der Waals surface area contributed by atoms with E-state index in [4.69, 9.17) is 5.73 Å². The highest BCUT2D eigenvalue weighted by Crippen LogP contribution is 2.41. The van der Waals surface area contributed by atoms with Gasteiger partial charge in [0.1, 0.15) is 0 Å². The first kappa shape index (κ1) is 15.2. The number of hydrogen-bond acceptors (Lipinski definition) is 4. The van der Waals surface area contributed by atoms with Crippen LogP contribution in [0.3, 0.4) is 0 Å². The Balaban J connectivity index is 1.95. The van der Waals surface area contributed by atoms with Crippen LogP contribution in [0.5, 0.6) is 0 Å². The molecule has 2 aliphatic rings. The van der Waals surface area contributed by atoms with Crippen molar-refractivity contribution in [2.45, 2.75) is 49.7 Å². The van der Waals surface area contributed by atoms with Gasteiger partial charge in [-0.1, -0.05) is 0 Å². The molecule has 4 nitrogen and oxygen atoms in total. The van der Waals surface area contributed by atoms with Crippen LogP contribution in [0.25, 0.3) is 0 Å². The molecule has 2 heterocycles. The van der Waals surface area contributed by atoms with Crippen molar-refractivity contribution in [3.63, 3.8) is 0 Å². The Bertz CT molecular complexity index is 278. The van der Waals surface area contributed by atoms with Gasteiger partial charge in [0.25, 0.3) is 0 Å². The minimum absolute atomic E-state index is 0.255. The van der Waals surface area contributed by atoms with Crippen LogP contribution in [0.4, 0.5) is 0 Å². The predicted octanol–water partition coefficient (Wildman–Crippen LogP) is 0.824. The maximum absolute atomic E-state index is 6.20. The number of likely N-dealkylation sites (N-methyl/N-ethyl adjacent to an activating group) is 1. The third kappa shape index (κ3) is 3.13. The average molecular weight is 268 g/mol. The molecule has 0 aliphatic carbocycles. The Labute approximate surface area is 118 Å². The van der Waals surface area contributed by atoms with Crippen LogP contribution in [0.2, 0.25) is 0 Å². The number of nitrogens with zero attached hydrogens (tertiary/aromatic N) is 3. The van der Waals surface area contributed by atoms with E-state index in [0.29, 0.717) is 0 Å². The molecule has 2 atom stereocenters. The van der Waals surface area contributed by atoms with E-state index < -0.39 is 0 Å². The van der Waals surface area contributed by atoms with E-state index in [9.17, 15) is 0 Å². The number of hydrogen-bond donors (Lipinski definition) is 1. The average Bonchev–Trinajstić information content (AvgIpc) is 2.62. The van der Waals surface area contributed by atoms with Crippen molar-refractivity contribution >= 4 is 0 Å². The molecule has 2 unspecified atom stereocenters. The van der Waals surface area contributed by atoms with E-state index in [0.717, 1.165) is 25.2 Å². The second-order valence-electron chi connectivity index (χ2n) is 6.97. The molecule has 0 amide bonds. The summed E-state index contributed by atoms with van der Waals surface area (Å²) in [6.07, 6.45) is 6.49. The first-order valence-electron chi connectivity index (χ1n) is 7.76. The summed E-state index contributed by atoms with van der Waals surface area (Å²) in [5.41, 5.74) is 6.45. The van der Waals surface area contributed by atoms with Crippen LogP contribution in [0.15, 0.2) is 0 Å². The lowest BCUT2D eigenvalue weighted by molar-refractivity contribution is 0.0149. The fourth-order valence-electron chi connectivity index (χ4n) is 4.04. The second kappa shape index (κ2) is 6.08. The van der Waals surface area contributed by atoms with E-state index in [2.05, 4.69) is 42.9 Å². The summed E-state index contributed by atoms with van der Waals surface area (Å²) in [6.45, 7) is 3.14. The third-order valence-corrected chi connectivity index (χ3v) is 5.50. The maximum Gasteiger partial charge on any atom is 0.0358 e. The van der Waals surface area contributed by atoms with E-state index in [1.165, 1.54) is 38.6 Å². The molecule has 2 rings (SSSR count). The van der Waals surface area contributed by atoms with E-state index >= 15 is 0 Å². The zero-order valence-electron chi connectivity index (χ0n) is 13.2. The zero-order valence-corrected chi connectivity index (χ0v) is 13.2. The van der Waals surface area contributed by atoms with E-state index in [1.54, 1.807) is 0 Å². The molecule has 0 aromatic heterocycles. The summed E-state index contributed by atoms with van der Waals surface area (Å²) in [4.78, 5) is 7.43.